The molecule has 0 bridgehead atoms. The molecule has 1 N–H and O–H groups in total. The smallest absolute Gasteiger partial charge is 0.0431 e. The molecule has 0 aromatic heterocycles. The molecule has 19 heavy (non-hydrogen) atoms. The molecule has 0 unspecified atom stereocenters. The molecule has 0 aromatic rings. The van der Waals surface area contributed by atoms with Crippen LogP contribution in [0, 0.1) is 11.2 Å². The monoisotopic (exact) mass is 396 g/mol. The first-order valence-electron chi connectivity index (χ1n) is 7.78. The summed E-state index contributed by atoms with van der Waals surface area (Å²) in [7, 11) is 1.58. The molecule has 0 spiro atoms. The molecule has 1 nitrogen and oxygen atoms in total. The van der Waals surface area contributed by atoms with Crippen molar-refractivity contribution in [1.29, 1.82) is 0 Å². The molecular formula is C16H29IOS. The van der Waals surface area contributed by atoms with Crippen molar-refractivity contribution >= 4 is 30.1 Å². The molecule has 0 aliphatic heterocycles. The number of halogens is 1. The van der Waals surface area contributed by atoms with Gasteiger partial charge < -0.3 is 5.11 Å². The van der Waals surface area contributed by atoms with Crippen LogP contribution in [0.3, 0.4) is 0 Å². The first-order chi connectivity index (χ1) is 9.41. The van der Waals surface area contributed by atoms with Crippen LogP contribution in [0.5, 0.6) is 0 Å². The molecule has 112 valence electrons. The maximum Gasteiger partial charge on any atom is 0.0431 e. The summed E-state index contributed by atoms with van der Waals surface area (Å²) in [6, 6.07) is 0. The van der Waals surface area contributed by atoms with Crippen molar-refractivity contribution in [3.05, 3.63) is 0 Å². The van der Waals surface area contributed by atoms with Crippen LogP contribution in [0.1, 0.15) is 83.5 Å². The highest BCUT2D eigenvalue weighted by Crippen LogP contribution is 2.12. The Hall–Kier alpha value is 0.600. The standard InChI is InChI=1S/C16H29IOS/c17-19-16-14-12-10-8-6-4-2-1-3-5-7-9-11-13-15-18/h18H,1-13,15H2. The van der Waals surface area contributed by atoms with Crippen molar-refractivity contribution < 1.29 is 5.11 Å². The minimum Gasteiger partial charge on any atom is -0.396 e. The predicted molar refractivity (Wildman–Crippen MR) is 96.5 cm³/mol. The Morgan fingerprint density at radius 1 is 0.684 bits per heavy atom. The van der Waals surface area contributed by atoms with Crippen LogP contribution in [-0.2, 0) is 0 Å². The first-order valence-corrected chi connectivity index (χ1v) is 11.1. The second-order valence-corrected chi connectivity index (χ2v) is 6.75. The lowest BCUT2D eigenvalue weighted by atomic mass is 10.0. The summed E-state index contributed by atoms with van der Waals surface area (Å²) < 4.78 is 0. The zero-order chi connectivity index (χ0) is 14.0. The van der Waals surface area contributed by atoms with Gasteiger partial charge in [0.1, 0.15) is 0 Å². The largest absolute Gasteiger partial charge is 0.396 e. The summed E-state index contributed by atoms with van der Waals surface area (Å²) in [4.78, 5) is 0. The Kier molecular flexibility index (Phi) is 19.2. The van der Waals surface area contributed by atoms with E-state index >= 15 is 0 Å². The number of hydrogen-bond acceptors (Lipinski definition) is 2. The Labute approximate surface area is 136 Å². The van der Waals surface area contributed by atoms with Crippen LogP contribution in [-0.4, -0.2) is 11.7 Å². The molecule has 0 fully saturated rings. The van der Waals surface area contributed by atoms with Crippen LogP contribution < -0.4 is 0 Å². The number of aliphatic hydroxyl groups is 1. The van der Waals surface area contributed by atoms with Crippen LogP contribution in [0.2, 0.25) is 0 Å². The second-order valence-electron chi connectivity index (χ2n) is 5.07. The third-order valence-corrected chi connectivity index (χ3v) is 4.20. The lowest BCUT2D eigenvalue weighted by Crippen LogP contribution is -1.84. The van der Waals surface area contributed by atoms with Gasteiger partial charge >= 0.3 is 0 Å². The number of hydrogen-bond donors (Lipinski definition) is 1. The molecule has 0 heterocycles. The van der Waals surface area contributed by atoms with Gasteiger partial charge in [-0.3, -0.25) is 0 Å². The van der Waals surface area contributed by atoms with Gasteiger partial charge in [-0.15, -0.1) is 0 Å². The fraction of sp³-hybridized carbons (Fsp3) is 0.875. The van der Waals surface area contributed by atoms with E-state index in [1.165, 1.54) is 70.6 Å². The van der Waals surface area contributed by atoms with Crippen LogP contribution >= 0.6 is 30.1 Å². The number of rotatable bonds is 13. The zero-order valence-corrected chi connectivity index (χ0v) is 15.1. The Bertz CT molecular complexity index is 223. The topological polar surface area (TPSA) is 20.2 Å². The van der Waals surface area contributed by atoms with Crippen molar-refractivity contribution in [2.75, 3.05) is 6.61 Å². The molecule has 0 saturated heterocycles. The molecule has 0 atom stereocenters. The summed E-state index contributed by atoms with van der Waals surface area (Å²) >= 11 is 2.22. The van der Waals surface area contributed by atoms with E-state index in [-0.39, 0.29) is 0 Å². The summed E-state index contributed by atoms with van der Waals surface area (Å²) in [5, 5.41) is 11.7. The lowest BCUT2D eigenvalue weighted by Gasteiger charge is -2.02. The molecular weight excluding hydrogens is 367 g/mol. The van der Waals surface area contributed by atoms with E-state index in [0.717, 1.165) is 12.8 Å². The van der Waals surface area contributed by atoms with Gasteiger partial charge in [-0.2, -0.15) is 0 Å². The fourth-order valence-electron chi connectivity index (χ4n) is 2.17. The van der Waals surface area contributed by atoms with E-state index in [2.05, 4.69) is 32.4 Å². The molecule has 0 saturated carbocycles. The number of unbranched alkanes of at least 4 members (excludes halogenated alkanes) is 12. The maximum absolute atomic E-state index is 8.66. The molecule has 0 rings (SSSR count). The van der Waals surface area contributed by atoms with Gasteiger partial charge in [0.2, 0.25) is 0 Å². The van der Waals surface area contributed by atoms with Gasteiger partial charge in [0.15, 0.2) is 0 Å². The van der Waals surface area contributed by atoms with E-state index in [4.69, 9.17) is 5.11 Å². The van der Waals surface area contributed by atoms with Crippen molar-refractivity contribution in [2.45, 2.75) is 83.5 Å². The maximum atomic E-state index is 8.66. The highest BCUT2D eigenvalue weighted by molar-refractivity contribution is 14.2. The van der Waals surface area contributed by atoms with Gasteiger partial charge in [0, 0.05) is 34.2 Å². The Balaban J connectivity index is 2.95. The van der Waals surface area contributed by atoms with Gasteiger partial charge in [0.25, 0.3) is 0 Å². The summed E-state index contributed by atoms with van der Waals surface area (Å²) in [5.41, 5.74) is 0. The molecule has 0 aliphatic carbocycles. The van der Waals surface area contributed by atoms with E-state index in [9.17, 15) is 0 Å². The van der Waals surface area contributed by atoms with Crippen LogP contribution in [0.4, 0.5) is 0 Å². The molecule has 0 aromatic carbocycles. The SMILES string of the molecule is OCCCCCCCCCCCCCCC#CSI. The summed E-state index contributed by atoms with van der Waals surface area (Å²) in [6.07, 6.45) is 16.9. The Morgan fingerprint density at radius 3 is 1.53 bits per heavy atom. The minimum atomic E-state index is 0.364. The minimum absolute atomic E-state index is 0.364. The van der Waals surface area contributed by atoms with Crippen molar-refractivity contribution in [3.8, 4) is 11.2 Å². The second kappa shape index (κ2) is 18.6. The third-order valence-electron chi connectivity index (χ3n) is 3.32. The van der Waals surface area contributed by atoms with Crippen molar-refractivity contribution in [2.24, 2.45) is 0 Å². The molecule has 0 radical (unpaired) electrons. The van der Waals surface area contributed by atoms with Gasteiger partial charge in [-0.25, -0.2) is 0 Å². The van der Waals surface area contributed by atoms with Crippen LogP contribution in [0.15, 0.2) is 0 Å². The van der Waals surface area contributed by atoms with Gasteiger partial charge in [0.05, 0.1) is 0 Å². The van der Waals surface area contributed by atoms with E-state index in [1.54, 1.807) is 8.93 Å². The lowest BCUT2D eigenvalue weighted by molar-refractivity contribution is 0.282. The Morgan fingerprint density at radius 2 is 1.11 bits per heavy atom. The molecule has 0 aliphatic rings. The van der Waals surface area contributed by atoms with Crippen molar-refractivity contribution in [1.82, 2.24) is 0 Å². The third kappa shape index (κ3) is 18.6. The first kappa shape index (κ1) is 19.6. The van der Waals surface area contributed by atoms with Crippen molar-refractivity contribution in [3.63, 3.8) is 0 Å². The van der Waals surface area contributed by atoms with Gasteiger partial charge in [-0.05, 0) is 27.0 Å². The fourth-order valence-corrected chi connectivity index (χ4v) is 2.79. The van der Waals surface area contributed by atoms with Gasteiger partial charge in [-0.1, -0.05) is 70.1 Å². The highest BCUT2D eigenvalue weighted by atomic mass is 127. The quantitative estimate of drug-likeness (QED) is 0.231. The van der Waals surface area contributed by atoms with Crippen LogP contribution in [0.25, 0.3) is 0 Å². The zero-order valence-electron chi connectivity index (χ0n) is 12.1. The number of aliphatic hydroxyl groups excluding tert-OH is 1. The average Bonchev–Trinajstić information content (AvgIpc) is 2.43. The summed E-state index contributed by atoms with van der Waals surface area (Å²) in [6.45, 7) is 0.364. The predicted octanol–water partition coefficient (Wildman–Crippen LogP) is 6.09. The molecule has 3 heteroatoms. The average molecular weight is 396 g/mol. The summed E-state index contributed by atoms with van der Waals surface area (Å²) in [5.74, 6) is 3.16. The van der Waals surface area contributed by atoms with E-state index in [1.807, 2.05) is 0 Å². The highest BCUT2D eigenvalue weighted by Gasteiger charge is 1.93. The molecule has 0 amide bonds. The van der Waals surface area contributed by atoms with E-state index in [0.29, 0.717) is 6.61 Å². The van der Waals surface area contributed by atoms with E-state index < -0.39 is 0 Å². The normalized spacial score (nSPS) is 10.2.